The highest BCUT2D eigenvalue weighted by atomic mass is 16.3. The van der Waals surface area contributed by atoms with Crippen LogP contribution in [0.5, 0.6) is 0 Å². The summed E-state index contributed by atoms with van der Waals surface area (Å²) in [5.41, 5.74) is 4.22. The number of aliphatic hydroxyl groups is 1. The monoisotopic (exact) mass is 270 g/mol. The van der Waals surface area contributed by atoms with Gasteiger partial charge in [-0.2, -0.15) is 5.10 Å². The van der Waals surface area contributed by atoms with Crippen LogP contribution < -0.4 is 0 Å². The van der Waals surface area contributed by atoms with Crippen LogP contribution in [0.2, 0.25) is 0 Å². The first kappa shape index (κ1) is 13.4. The first-order valence-electron chi connectivity index (χ1n) is 7.52. The van der Waals surface area contributed by atoms with Crippen LogP contribution in [-0.4, -0.2) is 14.9 Å². The highest BCUT2D eigenvalue weighted by molar-refractivity contribution is 5.37. The van der Waals surface area contributed by atoms with Crippen molar-refractivity contribution < 1.29 is 5.11 Å². The zero-order valence-electron chi connectivity index (χ0n) is 12.2. The van der Waals surface area contributed by atoms with E-state index in [1.54, 1.807) is 0 Å². The lowest BCUT2D eigenvalue weighted by atomic mass is 9.77. The van der Waals surface area contributed by atoms with Crippen molar-refractivity contribution in [2.75, 3.05) is 0 Å². The van der Waals surface area contributed by atoms with Crippen LogP contribution >= 0.6 is 0 Å². The number of hydrogen-bond donors (Lipinski definition) is 1. The molecule has 1 saturated carbocycles. The Bertz CT molecular complexity index is 599. The Morgan fingerprint density at radius 3 is 2.75 bits per heavy atom. The third-order valence-electron chi connectivity index (χ3n) is 4.35. The second-order valence-corrected chi connectivity index (χ2v) is 5.69. The van der Waals surface area contributed by atoms with E-state index >= 15 is 0 Å². The fourth-order valence-electron chi connectivity index (χ4n) is 3.05. The number of rotatable bonds is 4. The molecular weight excluding hydrogens is 248 g/mol. The average molecular weight is 270 g/mol. The Morgan fingerprint density at radius 1 is 1.35 bits per heavy atom. The summed E-state index contributed by atoms with van der Waals surface area (Å²) in [6, 6.07) is 10.3. The Hall–Kier alpha value is -1.61. The van der Waals surface area contributed by atoms with Crippen LogP contribution in [0, 0.1) is 6.92 Å². The van der Waals surface area contributed by atoms with E-state index in [0.29, 0.717) is 5.92 Å². The van der Waals surface area contributed by atoms with Crippen LogP contribution in [0.3, 0.4) is 0 Å². The molecule has 0 saturated heterocycles. The van der Waals surface area contributed by atoms with Crippen molar-refractivity contribution in [3.63, 3.8) is 0 Å². The molecule has 1 fully saturated rings. The summed E-state index contributed by atoms with van der Waals surface area (Å²) in [7, 11) is 0. The van der Waals surface area contributed by atoms with Crippen LogP contribution in [0.1, 0.15) is 60.7 Å². The normalized spacial score (nSPS) is 16.9. The summed E-state index contributed by atoms with van der Waals surface area (Å²) >= 11 is 0. The van der Waals surface area contributed by atoms with Gasteiger partial charge in [0.1, 0.15) is 6.10 Å². The maximum Gasteiger partial charge on any atom is 0.121 e. The predicted octanol–water partition coefficient (Wildman–Crippen LogP) is 3.56. The molecule has 1 aromatic carbocycles. The molecular formula is C17H22N2O. The number of aryl methyl sites for hydroxylation is 2. The second kappa shape index (κ2) is 5.41. The summed E-state index contributed by atoms with van der Waals surface area (Å²) in [6.07, 6.45) is 3.22. The quantitative estimate of drug-likeness (QED) is 0.922. The molecule has 0 radical (unpaired) electrons. The molecule has 0 amide bonds. The van der Waals surface area contributed by atoms with Crippen LogP contribution in [-0.2, 0) is 6.54 Å². The van der Waals surface area contributed by atoms with E-state index in [9.17, 15) is 5.11 Å². The van der Waals surface area contributed by atoms with Gasteiger partial charge in [-0.3, -0.25) is 4.68 Å². The molecule has 0 bridgehead atoms. The van der Waals surface area contributed by atoms with Gasteiger partial charge < -0.3 is 5.11 Å². The van der Waals surface area contributed by atoms with Gasteiger partial charge in [0.2, 0.25) is 0 Å². The highest BCUT2D eigenvalue weighted by Crippen LogP contribution is 2.40. The van der Waals surface area contributed by atoms with Crippen molar-refractivity contribution in [1.82, 2.24) is 9.78 Å². The van der Waals surface area contributed by atoms with E-state index < -0.39 is 6.10 Å². The lowest BCUT2D eigenvalue weighted by Crippen LogP contribution is -2.15. The van der Waals surface area contributed by atoms with Gasteiger partial charge >= 0.3 is 0 Å². The lowest BCUT2D eigenvalue weighted by Gasteiger charge is -2.29. The molecule has 1 aliphatic carbocycles. The van der Waals surface area contributed by atoms with Gasteiger partial charge in [-0.15, -0.1) is 0 Å². The Balaban J connectivity index is 1.99. The van der Waals surface area contributed by atoms with E-state index in [0.717, 1.165) is 23.5 Å². The minimum atomic E-state index is -0.576. The molecule has 3 rings (SSSR count). The van der Waals surface area contributed by atoms with Gasteiger partial charge in [-0.25, -0.2) is 0 Å². The third kappa shape index (κ3) is 2.27. The topological polar surface area (TPSA) is 38.0 Å². The minimum Gasteiger partial charge on any atom is -0.382 e. The smallest absolute Gasteiger partial charge is 0.121 e. The first-order valence-corrected chi connectivity index (χ1v) is 7.52. The molecule has 106 valence electrons. The molecule has 1 unspecified atom stereocenters. The summed E-state index contributed by atoms with van der Waals surface area (Å²) in [4.78, 5) is 0. The van der Waals surface area contributed by atoms with E-state index in [4.69, 9.17) is 0 Å². The van der Waals surface area contributed by atoms with E-state index in [1.165, 1.54) is 24.8 Å². The maximum absolute atomic E-state index is 10.8. The molecule has 20 heavy (non-hydrogen) atoms. The molecule has 1 heterocycles. The van der Waals surface area contributed by atoms with Crippen molar-refractivity contribution >= 4 is 0 Å². The molecule has 1 aromatic heterocycles. The van der Waals surface area contributed by atoms with Gasteiger partial charge in [0, 0.05) is 6.54 Å². The summed E-state index contributed by atoms with van der Waals surface area (Å²) < 4.78 is 1.90. The molecule has 1 atom stereocenters. The molecule has 2 aromatic rings. The number of aromatic nitrogens is 2. The van der Waals surface area contributed by atoms with Crippen LogP contribution in [0.25, 0.3) is 0 Å². The van der Waals surface area contributed by atoms with Gasteiger partial charge in [0.15, 0.2) is 0 Å². The van der Waals surface area contributed by atoms with Crippen molar-refractivity contribution in [3.8, 4) is 0 Å². The maximum atomic E-state index is 10.8. The highest BCUT2D eigenvalue weighted by Gasteiger charge is 2.26. The predicted molar refractivity (Wildman–Crippen MR) is 79.7 cm³/mol. The molecule has 1 aliphatic rings. The van der Waals surface area contributed by atoms with Gasteiger partial charge in [0.05, 0.1) is 11.4 Å². The van der Waals surface area contributed by atoms with E-state index in [1.807, 2.05) is 23.7 Å². The fourth-order valence-corrected chi connectivity index (χ4v) is 3.05. The lowest BCUT2D eigenvalue weighted by molar-refractivity contribution is 0.205. The van der Waals surface area contributed by atoms with Crippen molar-refractivity contribution in [2.24, 2.45) is 0 Å². The molecule has 3 nitrogen and oxygen atoms in total. The third-order valence-corrected chi connectivity index (χ3v) is 4.35. The van der Waals surface area contributed by atoms with Crippen molar-refractivity contribution in [1.29, 1.82) is 0 Å². The molecule has 1 N–H and O–H groups in total. The Kier molecular flexibility index (Phi) is 3.62. The SMILES string of the molecule is CCn1nc(C)cc1C(O)c1ccccc1C1CCC1. The summed E-state index contributed by atoms with van der Waals surface area (Å²) in [5, 5.41) is 15.2. The number of hydrogen-bond acceptors (Lipinski definition) is 2. The van der Waals surface area contributed by atoms with Crippen LogP contribution in [0.15, 0.2) is 30.3 Å². The molecule has 0 spiro atoms. The molecule has 3 heteroatoms. The average Bonchev–Trinajstić information content (AvgIpc) is 2.78. The second-order valence-electron chi connectivity index (χ2n) is 5.69. The summed E-state index contributed by atoms with van der Waals surface area (Å²) in [5.74, 6) is 0.625. The fraction of sp³-hybridized carbons (Fsp3) is 0.471. The van der Waals surface area contributed by atoms with Crippen molar-refractivity contribution in [3.05, 3.63) is 52.8 Å². The zero-order chi connectivity index (χ0) is 14.1. The number of benzene rings is 1. The minimum absolute atomic E-state index is 0.576. The number of nitrogens with zero attached hydrogens (tertiary/aromatic N) is 2. The van der Waals surface area contributed by atoms with Crippen LogP contribution in [0.4, 0.5) is 0 Å². The van der Waals surface area contributed by atoms with E-state index in [2.05, 4.69) is 30.2 Å². The van der Waals surface area contributed by atoms with E-state index in [-0.39, 0.29) is 0 Å². The Morgan fingerprint density at radius 2 is 2.10 bits per heavy atom. The summed E-state index contributed by atoms with van der Waals surface area (Å²) in [6.45, 7) is 4.81. The van der Waals surface area contributed by atoms with Gasteiger partial charge in [-0.1, -0.05) is 30.7 Å². The van der Waals surface area contributed by atoms with Gasteiger partial charge in [0.25, 0.3) is 0 Å². The first-order chi connectivity index (χ1) is 9.70. The van der Waals surface area contributed by atoms with Gasteiger partial charge in [-0.05, 0) is 49.8 Å². The molecule has 0 aliphatic heterocycles. The zero-order valence-corrected chi connectivity index (χ0v) is 12.2. The Labute approximate surface area is 120 Å². The number of aliphatic hydroxyl groups excluding tert-OH is 1. The standard InChI is InChI=1S/C17H22N2O/c1-3-19-16(11-12(2)18-19)17(20)15-10-5-4-9-14(15)13-7-6-8-13/h4-5,9-11,13,17,20H,3,6-8H2,1-2H3. The largest absolute Gasteiger partial charge is 0.382 e. The van der Waals surface area contributed by atoms with Crippen molar-refractivity contribution in [2.45, 2.75) is 51.7 Å².